The van der Waals surface area contributed by atoms with Crippen LogP contribution in [-0.4, -0.2) is 38.2 Å². The van der Waals surface area contributed by atoms with Crippen LogP contribution >= 0.6 is 0 Å². The van der Waals surface area contributed by atoms with E-state index < -0.39 is 0 Å². The third kappa shape index (κ3) is 2.32. The molecular formula is C18H14N8. The largest absolute Gasteiger partial charge is 0.304 e. The highest BCUT2D eigenvalue weighted by Crippen LogP contribution is 2.29. The summed E-state index contributed by atoms with van der Waals surface area (Å²) in [6.45, 7) is 0. The fourth-order valence-corrected chi connectivity index (χ4v) is 2.99. The fraction of sp³-hybridized carbons (Fsp3) is 0. The van der Waals surface area contributed by atoms with Gasteiger partial charge < -0.3 is 18.3 Å². The van der Waals surface area contributed by atoms with E-state index in [2.05, 4.69) is 32.1 Å². The van der Waals surface area contributed by atoms with Crippen molar-refractivity contribution in [3.63, 3.8) is 0 Å². The highest BCUT2D eigenvalue weighted by molar-refractivity contribution is 5.67. The van der Waals surface area contributed by atoms with Crippen LogP contribution in [0.3, 0.4) is 0 Å². The Bertz CT molecular complexity index is 926. The van der Waals surface area contributed by atoms with Crippen molar-refractivity contribution in [2.24, 2.45) is 0 Å². The summed E-state index contributed by atoms with van der Waals surface area (Å²) in [5.41, 5.74) is 3.92. The predicted octanol–water partition coefficient (Wildman–Crippen LogP) is 2.43. The van der Waals surface area contributed by atoms with Gasteiger partial charge in [-0.2, -0.15) is 0 Å². The molecule has 5 aromatic rings. The van der Waals surface area contributed by atoms with Gasteiger partial charge in [-0.25, -0.2) is 19.9 Å². The van der Waals surface area contributed by atoms with E-state index in [1.807, 2.05) is 43.1 Å². The van der Waals surface area contributed by atoms with Gasteiger partial charge in [0.05, 0.1) is 48.1 Å². The molecule has 26 heavy (non-hydrogen) atoms. The molecule has 0 N–H and O–H groups in total. The lowest BCUT2D eigenvalue weighted by Crippen LogP contribution is -2.07. The van der Waals surface area contributed by atoms with Crippen molar-refractivity contribution >= 4 is 0 Å². The van der Waals surface area contributed by atoms with Gasteiger partial charge in [-0.15, -0.1) is 0 Å². The Hall–Kier alpha value is -3.94. The van der Waals surface area contributed by atoms with E-state index in [1.165, 1.54) is 0 Å². The average Bonchev–Trinajstić information content (AvgIpc) is 3.49. The molecule has 1 aromatic carbocycles. The van der Waals surface area contributed by atoms with Crippen LogP contribution in [0.4, 0.5) is 0 Å². The van der Waals surface area contributed by atoms with E-state index in [1.54, 1.807) is 50.1 Å². The van der Waals surface area contributed by atoms with E-state index in [-0.39, 0.29) is 0 Å². The van der Waals surface area contributed by atoms with Gasteiger partial charge in [0.15, 0.2) is 0 Å². The van der Waals surface area contributed by atoms with Gasteiger partial charge in [0.2, 0.25) is 0 Å². The molecule has 0 unspecified atom stereocenters. The first-order valence-corrected chi connectivity index (χ1v) is 8.01. The van der Waals surface area contributed by atoms with Crippen LogP contribution in [-0.2, 0) is 0 Å². The van der Waals surface area contributed by atoms with Crippen molar-refractivity contribution in [2.75, 3.05) is 0 Å². The smallest absolute Gasteiger partial charge is 0.0992 e. The van der Waals surface area contributed by atoms with Crippen molar-refractivity contribution < 1.29 is 0 Å². The van der Waals surface area contributed by atoms with Crippen LogP contribution in [0, 0.1) is 0 Å². The zero-order valence-corrected chi connectivity index (χ0v) is 13.7. The molecule has 0 atom stereocenters. The fourth-order valence-electron chi connectivity index (χ4n) is 2.99. The molecule has 4 aromatic heterocycles. The summed E-state index contributed by atoms with van der Waals surface area (Å²) in [4.78, 5) is 16.8. The van der Waals surface area contributed by atoms with E-state index in [9.17, 15) is 0 Å². The Kier molecular flexibility index (Phi) is 3.24. The van der Waals surface area contributed by atoms with Crippen molar-refractivity contribution in [1.82, 2.24) is 38.2 Å². The molecule has 4 heterocycles. The van der Waals surface area contributed by atoms with Crippen LogP contribution in [0.15, 0.2) is 87.0 Å². The Morgan fingerprint density at radius 3 is 0.885 bits per heavy atom. The topological polar surface area (TPSA) is 71.3 Å². The molecule has 0 spiro atoms. The van der Waals surface area contributed by atoms with Gasteiger partial charge in [0.1, 0.15) is 0 Å². The second-order valence-corrected chi connectivity index (χ2v) is 5.71. The van der Waals surface area contributed by atoms with E-state index in [4.69, 9.17) is 0 Å². The number of benzene rings is 1. The molecule has 0 aliphatic carbocycles. The molecule has 0 aliphatic rings. The SMILES string of the molecule is c1cn(-c2cc(-n3ccnc3)c(-n3ccnc3)cc2-n2ccnc2)cn1. The number of imidazole rings is 4. The minimum absolute atomic E-state index is 0.980. The summed E-state index contributed by atoms with van der Waals surface area (Å²) in [6.07, 6.45) is 21.9. The summed E-state index contributed by atoms with van der Waals surface area (Å²) in [5, 5.41) is 0. The van der Waals surface area contributed by atoms with E-state index in [0.29, 0.717) is 0 Å². The normalized spacial score (nSPS) is 11.1. The maximum absolute atomic E-state index is 4.19. The first-order valence-electron chi connectivity index (χ1n) is 8.01. The van der Waals surface area contributed by atoms with Gasteiger partial charge in [-0.05, 0) is 12.1 Å². The molecule has 0 bridgehead atoms. The molecule has 5 rings (SSSR count). The van der Waals surface area contributed by atoms with Crippen molar-refractivity contribution in [1.29, 1.82) is 0 Å². The highest BCUT2D eigenvalue weighted by Gasteiger charge is 2.15. The molecule has 0 radical (unpaired) electrons. The van der Waals surface area contributed by atoms with Crippen molar-refractivity contribution in [2.45, 2.75) is 0 Å². The van der Waals surface area contributed by atoms with Crippen LogP contribution in [0.5, 0.6) is 0 Å². The van der Waals surface area contributed by atoms with Gasteiger partial charge in [0, 0.05) is 49.6 Å². The standard InChI is InChI=1S/C18H14N8/c1-5-23(11-19-1)15-9-17(25-7-3-21-13-25)18(26-8-4-22-14-26)10-16(15)24-6-2-20-12-24/h1-14H. The quantitative estimate of drug-likeness (QED) is 0.503. The lowest BCUT2D eigenvalue weighted by Gasteiger charge is -2.18. The highest BCUT2D eigenvalue weighted by atomic mass is 15.1. The van der Waals surface area contributed by atoms with Gasteiger partial charge >= 0.3 is 0 Å². The number of aromatic nitrogens is 8. The van der Waals surface area contributed by atoms with Gasteiger partial charge in [-0.1, -0.05) is 0 Å². The summed E-state index contributed by atoms with van der Waals surface area (Å²) in [6, 6.07) is 4.21. The molecule has 126 valence electrons. The van der Waals surface area contributed by atoms with Gasteiger partial charge in [0.25, 0.3) is 0 Å². The summed E-state index contributed by atoms with van der Waals surface area (Å²) >= 11 is 0. The third-order valence-corrected chi connectivity index (χ3v) is 4.20. The molecule has 8 nitrogen and oxygen atoms in total. The molecule has 8 heteroatoms. The van der Waals surface area contributed by atoms with Crippen molar-refractivity contribution in [3.8, 4) is 22.7 Å². The predicted molar refractivity (Wildman–Crippen MR) is 94.9 cm³/mol. The van der Waals surface area contributed by atoms with E-state index >= 15 is 0 Å². The molecule has 0 amide bonds. The Balaban J connectivity index is 1.84. The molecular weight excluding hydrogens is 328 g/mol. The lowest BCUT2D eigenvalue weighted by atomic mass is 10.2. The zero-order chi connectivity index (χ0) is 17.3. The summed E-state index contributed by atoms with van der Waals surface area (Å²) in [7, 11) is 0. The minimum atomic E-state index is 0.980. The van der Waals surface area contributed by atoms with Crippen LogP contribution in [0.25, 0.3) is 22.7 Å². The summed E-state index contributed by atoms with van der Waals surface area (Å²) < 4.78 is 7.92. The Labute approximate surface area is 148 Å². The Morgan fingerprint density at radius 1 is 0.423 bits per heavy atom. The van der Waals surface area contributed by atoms with Crippen molar-refractivity contribution in [3.05, 3.63) is 87.0 Å². The second kappa shape index (κ2) is 5.85. The molecule has 0 aliphatic heterocycles. The molecule has 0 saturated carbocycles. The van der Waals surface area contributed by atoms with Gasteiger partial charge in [-0.3, -0.25) is 0 Å². The number of hydrogen-bond donors (Lipinski definition) is 0. The lowest BCUT2D eigenvalue weighted by molar-refractivity contribution is 0.942. The van der Waals surface area contributed by atoms with E-state index in [0.717, 1.165) is 22.7 Å². The zero-order valence-electron chi connectivity index (χ0n) is 13.7. The number of rotatable bonds is 4. The monoisotopic (exact) mass is 342 g/mol. The van der Waals surface area contributed by atoms with Crippen LogP contribution in [0.1, 0.15) is 0 Å². The maximum Gasteiger partial charge on any atom is 0.0992 e. The number of nitrogens with zero attached hydrogens (tertiary/aromatic N) is 8. The maximum atomic E-state index is 4.19. The first kappa shape index (κ1) is 14.4. The first-order chi connectivity index (χ1) is 12.9. The second-order valence-electron chi connectivity index (χ2n) is 5.71. The van der Waals surface area contributed by atoms with Crippen LogP contribution < -0.4 is 0 Å². The minimum Gasteiger partial charge on any atom is -0.304 e. The summed E-state index contributed by atoms with van der Waals surface area (Å²) in [5.74, 6) is 0. The molecule has 0 fully saturated rings. The molecule has 0 saturated heterocycles. The Morgan fingerprint density at radius 2 is 0.692 bits per heavy atom. The average molecular weight is 342 g/mol. The third-order valence-electron chi connectivity index (χ3n) is 4.20. The number of hydrogen-bond acceptors (Lipinski definition) is 4. The van der Waals surface area contributed by atoms with Crippen LogP contribution in [0.2, 0.25) is 0 Å².